The molecule has 4 rings (SSSR count). The van der Waals surface area contributed by atoms with Crippen LogP contribution in [0.5, 0.6) is 0 Å². The van der Waals surface area contributed by atoms with Crippen LogP contribution in [0.1, 0.15) is 21.5 Å². The van der Waals surface area contributed by atoms with Crippen LogP contribution in [0.3, 0.4) is 0 Å². The summed E-state index contributed by atoms with van der Waals surface area (Å²) in [6, 6.07) is 19.9. The number of benzene rings is 3. The van der Waals surface area contributed by atoms with Gasteiger partial charge in [-0.25, -0.2) is 4.98 Å². The van der Waals surface area contributed by atoms with Gasteiger partial charge in [-0.2, -0.15) is 13.2 Å². The molecule has 0 aliphatic carbocycles. The molecule has 0 saturated heterocycles. The molecule has 1 amide bonds. The Hall–Kier alpha value is -3.30. The van der Waals surface area contributed by atoms with E-state index in [1.807, 2.05) is 42.0 Å². The number of nitrogens with zero attached hydrogens (tertiary/aromatic N) is 1. The van der Waals surface area contributed by atoms with E-state index < -0.39 is 11.7 Å². The van der Waals surface area contributed by atoms with Crippen molar-refractivity contribution in [2.75, 3.05) is 16.9 Å². The van der Waals surface area contributed by atoms with Gasteiger partial charge in [0.05, 0.1) is 11.3 Å². The standard InChI is InChI=1S/C25H20F3N3OS2/c1-33-21-10-8-20(9-11-21)30-23(32)18-6-3-5-17(13-18)22-15-34-24(31-22)29-14-16-4-2-7-19(12-16)25(26,27)28/h2-13,15H,14H2,1H3,(H,29,31)(H,30,32). The lowest BCUT2D eigenvalue weighted by Gasteiger charge is -2.09. The second-order valence-corrected chi connectivity index (χ2v) is 9.09. The first kappa shape index (κ1) is 23.8. The van der Waals surface area contributed by atoms with Gasteiger partial charge in [-0.1, -0.05) is 24.3 Å². The van der Waals surface area contributed by atoms with Gasteiger partial charge in [-0.05, 0) is 60.4 Å². The van der Waals surface area contributed by atoms with Gasteiger partial charge < -0.3 is 10.6 Å². The number of hydrogen-bond donors (Lipinski definition) is 2. The monoisotopic (exact) mass is 499 g/mol. The van der Waals surface area contributed by atoms with Crippen LogP contribution in [0, 0.1) is 0 Å². The predicted octanol–water partition coefficient (Wildman–Crippen LogP) is 7.42. The van der Waals surface area contributed by atoms with Gasteiger partial charge in [0.15, 0.2) is 5.13 Å². The molecular formula is C25H20F3N3OS2. The topological polar surface area (TPSA) is 54.0 Å². The van der Waals surface area contributed by atoms with E-state index in [1.54, 1.807) is 36.0 Å². The van der Waals surface area contributed by atoms with E-state index in [2.05, 4.69) is 15.6 Å². The molecule has 1 heterocycles. The maximum Gasteiger partial charge on any atom is 0.416 e. The van der Waals surface area contributed by atoms with Crippen LogP contribution in [0.2, 0.25) is 0 Å². The van der Waals surface area contributed by atoms with Gasteiger partial charge in [0.25, 0.3) is 5.91 Å². The maximum atomic E-state index is 12.9. The summed E-state index contributed by atoms with van der Waals surface area (Å²) in [6.07, 6.45) is -2.39. The SMILES string of the molecule is CSc1ccc(NC(=O)c2cccc(-c3csc(NCc4cccc(C(F)(F)F)c4)n3)c2)cc1. The van der Waals surface area contributed by atoms with Crippen molar-refractivity contribution in [1.29, 1.82) is 0 Å². The van der Waals surface area contributed by atoms with Crippen molar-refractivity contribution in [2.45, 2.75) is 17.6 Å². The number of carbonyl (C=O) groups excluding carboxylic acids is 1. The molecule has 9 heteroatoms. The van der Waals surface area contributed by atoms with Crippen molar-refractivity contribution in [3.63, 3.8) is 0 Å². The third kappa shape index (κ3) is 5.98. The lowest BCUT2D eigenvalue weighted by atomic mass is 10.1. The molecule has 0 atom stereocenters. The summed E-state index contributed by atoms with van der Waals surface area (Å²) in [6.45, 7) is 0.217. The number of halogens is 3. The van der Waals surface area contributed by atoms with Gasteiger partial charge in [0.1, 0.15) is 0 Å². The fourth-order valence-electron chi connectivity index (χ4n) is 3.22. The summed E-state index contributed by atoms with van der Waals surface area (Å²) in [5.41, 5.74) is 2.49. The van der Waals surface area contributed by atoms with Crippen molar-refractivity contribution in [1.82, 2.24) is 4.98 Å². The second-order valence-electron chi connectivity index (χ2n) is 7.35. The van der Waals surface area contributed by atoms with E-state index >= 15 is 0 Å². The first-order valence-electron chi connectivity index (χ1n) is 10.2. The number of thiazole rings is 1. The number of hydrogen-bond acceptors (Lipinski definition) is 5. The minimum Gasteiger partial charge on any atom is -0.357 e. The Kier molecular flexibility index (Phi) is 7.23. The summed E-state index contributed by atoms with van der Waals surface area (Å²) >= 11 is 2.98. The molecule has 0 aliphatic rings. The largest absolute Gasteiger partial charge is 0.416 e. The molecule has 1 aromatic heterocycles. The first-order valence-corrected chi connectivity index (χ1v) is 12.3. The zero-order valence-corrected chi connectivity index (χ0v) is 19.7. The van der Waals surface area contributed by atoms with Crippen molar-refractivity contribution in [2.24, 2.45) is 0 Å². The molecule has 34 heavy (non-hydrogen) atoms. The number of carbonyl (C=O) groups is 1. The summed E-state index contributed by atoms with van der Waals surface area (Å²) in [4.78, 5) is 18.3. The van der Waals surface area contributed by atoms with Crippen LogP contribution in [-0.2, 0) is 12.7 Å². The molecule has 174 valence electrons. The van der Waals surface area contributed by atoms with Gasteiger partial charge in [-0.3, -0.25) is 4.79 Å². The number of aromatic nitrogens is 1. The molecule has 4 nitrogen and oxygen atoms in total. The average molecular weight is 500 g/mol. The fraction of sp³-hybridized carbons (Fsp3) is 0.120. The summed E-state index contributed by atoms with van der Waals surface area (Å²) < 4.78 is 38.7. The molecule has 0 radical (unpaired) electrons. The molecule has 0 fully saturated rings. The van der Waals surface area contributed by atoms with Crippen LogP contribution < -0.4 is 10.6 Å². The lowest BCUT2D eigenvalue weighted by Crippen LogP contribution is -2.11. The van der Waals surface area contributed by atoms with E-state index in [9.17, 15) is 18.0 Å². The van der Waals surface area contributed by atoms with Crippen molar-refractivity contribution < 1.29 is 18.0 Å². The van der Waals surface area contributed by atoms with E-state index in [-0.39, 0.29) is 12.5 Å². The van der Waals surface area contributed by atoms with E-state index in [0.29, 0.717) is 27.6 Å². The first-order chi connectivity index (χ1) is 16.3. The molecule has 2 N–H and O–H groups in total. The highest BCUT2D eigenvalue weighted by Gasteiger charge is 2.30. The summed E-state index contributed by atoms with van der Waals surface area (Å²) in [5.74, 6) is -0.225. The Bertz CT molecular complexity index is 1290. The maximum absolute atomic E-state index is 12.9. The Morgan fingerprint density at radius 2 is 1.79 bits per heavy atom. The minimum absolute atomic E-state index is 0.217. The zero-order valence-electron chi connectivity index (χ0n) is 18.0. The van der Waals surface area contributed by atoms with Crippen LogP contribution in [0.4, 0.5) is 24.0 Å². The molecule has 0 aliphatic heterocycles. The fourth-order valence-corrected chi connectivity index (χ4v) is 4.35. The smallest absolute Gasteiger partial charge is 0.357 e. The van der Waals surface area contributed by atoms with E-state index in [1.165, 1.54) is 17.4 Å². The summed E-state index contributed by atoms with van der Waals surface area (Å²) in [5, 5.41) is 8.38. The highest BCUT2D eigenvalue weighted by molar-refractivity contribution is 7.98. The molecular weight excluding hydrogens is 479 g/mol. The van der Waals surface area contributed by atoms with Gasteiger partial charge in [0.2, 0.25) is 0 Å². The molecule has 0 bridgehead atoms. The van der Waals surface area contributed by atoms with Crippen LogP contribution >= 0.6 is 23.1 Å². The number of nitrogens with one attached hydrogen (secondary N) is 2. The number of rotatable bonds is 7. The third-order valence-electron chi connectivity index (χ3n) is 4.97. The highest BCUT2D eigenvalue weighted by Crippen LogP contribution is 2.30. The number of anilines is 2. The van der Waals surface area contributed by atoms with Crippen LogP contribution in [0.25, 0.3) is 11.3 Å². The van der Waals surface area contributed by atoms with Crippen LogP contribution in [-0.4, -0.2) is 17.1 Å². The lowest BCUT2D eigenvalue weighted by molar-refractivity contribution is -0.137. The second kappa shape index (κ2) is 10.3. The number of thioether (sulfide) groups is 1. The number of amides is 1. The average Bonchev–Trinajstić information content (AvgIpc) is 3.32. The zero-order chi connectivity index (χ0) is 24.1. The van der Waals surface area contributed by atoms with Crippen molar-refractivity contribution >= 4 is 39.8 Å². The van der Waals surface area contributed by atoms with Crippen LogP contribution in [0.15, 0.2) is 83.1 Å². The molecule has 4 aromatic rings. The van der Waals surface area contributed by atoms with Gasteiger partial charge in [-0.15, -0.1) is 23.1 Å². The van der Waals surface area contributed by atoms with Gasteiger partial charge in [0, 0.05) is 33.6 Å². The Morgan fingerprint density at radius 1 is 1.03 bits per heavy atom. The van der Waals surface area contributed by atoms with E-state index in [0.717, 1.165) is 22.6 Å². The van der Waals surface area contributed by atoms with Crippen molar-refractivity contribution in [3.8, 4) is 11.3 Å². The number of alkyl halides is 3. The van der Waals surface area contributed by atoms with Gasteiger partial charge >= 0.3 is 6.18 Å². The third-order valence-corrected chi connectivity index (χ3v) is 6.51. The van der Waals surface area contributed by atoms with Crippen molar-refractivity contribution in [3.05, 3.63) is 94.9 Å². The Balaban J connectivity index is 1.42. The normalized spacial score (nSPS) is 11.3. The molecule has 0 saturated carbocycles. The predicted molar refractivity (Wildman–Crippen MR) is 132 cm³/mol. The molecule has 0 spiro atoms. The Morgan fingerprint density at radius 3 is 2.53 bits per heavy atom. The highest BCUT2D eigenvalue weighted by atomic mass is 32.2. The summed E-state index contributed by atoms with van der Waals surface area (Å²) in [7, 11) is 0. The minimum atomic E-state index is -4.38. The Labute approximate surface area is 203 Å². The molecule has 0 unspecified atom stereocenters. The molecule has 3 aromatic carbocycles. The van der Waals surface area contributed by atoms with E-state index in [4.69, 9.17) is 0 Å². The quantitative estimate of drug-likeness (QED) is 0.260.